The van der Waals surface area contributed by atoms with E-state index in [2.05, 4.69) is 4.18 Å². The summed E-state index contributed by atoms with van der Waals surface area (Å²) in [5, 5.41) is 67.6. The summed E-state index contributed by atoms with van der Waals surface area (Å²) in [4.78, 5) is 0. The van der Waals surface area contributed by atoms with E-state index in [1.807, 2.05) is 0 Å². The summed E-state index contributed by atoms with van der Waals surface area (Å²) in [6.07, 6.45) is -14.4. The van der Waals surface area contributed by atoms with Gasteiger partial charge in [-0.15, -0.1) is 0 Å². The molecule has 2 fully saturated rings. The van der Waals surface area contributed by atoms with Gasteiger partial charge >= 0.3 is 48.1 Å². The molecule has 0 aromatic heterocycles. The average Bonchev–Trinajstić information content (AvgIpc) is 2.86. The standard InChI is InChI=1S/C12H22O14S.Ca.2H/c13-1-4-6(16)8(18)9(19)11(23-4)25-12(3-15)10(26-27(20,21)22)7(17)5(2-14)24-12;;;/h4-11,13-19H,1-3H2,(H,20,21,22);;;/t4-,5-,6-,7-,8+,9-,10+,11-,12+;;;/m1.../s1. The van der Waals surface area contributed by atoms with Gasteiger partial charge in [-0.2, -0.15) is 8.42 Å². The van der Waals surface area contributed by atoms with Crippen molar-refractivity contribution in [1.29, 1.82) is 0 Å². The van der Waals surface area contributed by atoms with Crippen LogP contribution in [0.2, 0.25) is 0 Å². The molecular formula is C12H24CaO14S. The van der Waals surface area contributed by atoms with Gasteiger partial charge in [0.2, 0.25) is 5.79 Å². The van der Waals surface area contributed by atoms with Gasteiger partial charge in [-0.1, -0.05) is 0 Å². The van der Waals surface area contributed by atoms with Crippen molar-refractivity contribution in [3.63, 3.8) is 0 Å². The molecule has 0 aromatic rings. The molecule has 0 radical (unpaired) electrons. The van der Waals surface area contributed by atoms with Crippen LogP contribution in [0.4, 0.5) is 0 Å². The summed E-state index contributed by atoms with van der Waals surface area (Å²) >= 11 is 0. The second-order valence-corrected chi connectivity index (χ2v) is 7.11. The van der Waals surface area contributed by atoms with Gasteiger partial charge in [-0.05, 0) is 0 Å². The topological polar surface area (TPSA) is 233 Å². The average molecular weight is 464 g/mol. The first-order valence-electron chi connectivity index (χ1n) is 7.71. The van der Waals surface area contributed by atoms with E-state index < -0.39 is 85.0 Å². The minimum atomic E-state index is -5.19. The van der Waals surface area contributed by atoms with Crippen molar-refractivity contribution >= 4 is 48.1 Å². The van der Waals surface area contributed by atoms with Crippen LogP contribution in [0.1, 0.15) is 0 Å². The van der Waals surface area contributed by atoms with Crippen molar-refractivity contribution in [1.82, 2.24) is 0 Å². The maximum absolute atomic E-state index is 11.1. The molecule has 0 amide bonds. The molecule has 2 heterocycles. The third-order valence-corrected chi connectivity index (χ3v) is 4.72. The van der Waals surface area contributed by atoms with Crippen LogP contribution in [0.15, 0.2) is 0 Å². The molecule has 28 heavy (non-hydrogen) atoms. The number of aliphatic hydroxyl groups excluding tert-OH is 7. The quantitative estimate of drug-likeness (QED) is 0.129. The molecule has 2 saturated heterocycles. The number of hydrogen-bond acceptors (Lipinski definition) is 13. The third-order valence-electron chi connectivity index (χ3n) is 4.27. The zero-order valence-corrected chi connectivity index (χ0v) is 14.5. The van der Waals surface area contributed by atoms with E-state index in [1.165, 1.54) is 0 Å². The molecule has 14 nitrogen and oxygen atoms in total. The van der Waals surface area contributed by atoms with Crippen molar-refractivity contribution in [2.75, 3.05) is 19.8 Å². The van der Waals surface area contributed by atoms with Crippen molar-refractivity contribution in [2.24, 2.45) is 0 Å². The van der Waals surface area contributed by atoms with E-state index >= 15 is 0 Å². The second kappa shape index (κ2) is 10.4. The van der Waals surface area contributed by atoms with Crippen LogP contribution >= 0.6 is 0 Å². The predicted octanol–water partition coefficient (Wildman–Crippen LogP) is -6.48. The van der Waals surface area contributed by atoms with Crippen molar-refractivity contribution in [3.05, 3.63) is 0 Å². The molecule has 8 N–H and O–H groups in total. The van der Waals surface area contributed by atoms with Crippen LogP contribution in [0.3, 0.4) is 0 Å². The summed E-state index contributed by atoms with van der Waals surface area (Å²) in [6, 6.07) is 0. The molecule has 2 rings (SSSR count). The Morgan fingerprint density at radius 1 is 0.893 bits per heavy atom. The molecule has 0 spiro atoms. The molecule has 2 aliphatic rings. The Balaban J connectivity index is 0.00000392. The Hall–Kier alpha value is 0.730. The fraction of sp³-hybridized carbons (Fsp3) is 1.00. The zero-order chi connectivity index (χ0) is 20.6. The van der Waals surface area contributed by atoms with Gasteiger partial charge in [0.1, 0.15) is 43.2 Å². The van der Waals surface area contributed by atoms with Gasteiger partial charge in [0.05, 0.1) is 13.2 Å². The van der Waals surface area contributed by atoms with E-state index in [0.717, 1.165) is 0 Å². The van der Waals surface area contributed by atoms with E-state index in [-0.39, 0.29) is 37.7 Å². The molecule has 0 bridgehead atoms. The molecule has 16 heteroatoms. The summed E-state index contributed by atoms with van der Waals surface area (Å²) in [7, 11) is -5.19. The maximum atomic E-state index is 11.1. The molecule has 2 aliphatic heterocycles. The van der Waals surface area contributed by atoms with Crippen molar-refractivity contribution in [2.45, 2.75) is 54.8 Å². The van der Waals surface area contributed by atoms with Crippen LogP contribution in [0.5, 0.6) is 0 Å². The molecular weight excluding hydrogens is 440 g/mol. The third kappa shape index (κ3) is 5.50. The molecule has 164 valence electrons. The van der Waals surface area contributed by atoms with E-state index in [0.29, 0.717) is 0 Å². The molecule has 0 aromatic carbocycles. The van der Waals surface area contributed by atoms with Gasteiger partial charge in [-0.3, -0.25) is 4.55 Å². The first-order valence-corrected chi connectivity index (χ1v) is 9.07. The molecule has 0 saturated carbocycles. The number of hydrogen-bond donors (Lipinski definition) is 8. The van der Waals surface area contributed by atoms with Crippen molar-refractivity contribution < 1.29 is 67.1 Å². The summed E-state index contributed by atoms with van der Waals surface area (Å²) in [6.45, 7) is -2.88. The van der Waals surface area contributed by atoms with Crippen LogP contribution in [-0.2, 0) is 28.8 Å². The zero-order valence-electron chi connectivity index (χ0n) is 13.7. The Morgan fingerprint density at radius 2 is 1.46 bits per heavy atom. The van der Waals surface area contributed by atoms with Crippen LogP contribution in [0, 0.1) is 0 Å². The molecule has 0 unspecified atom stereocenters. The van der Waals surface area contributed by atoms with Gasteiger partial charge < -0.3 is 50.0 Å². The molecule has 0 aliphatic carbocycles. The summed E-state index contributed by atoms with van der Waals surface area (Å²) in [5.41, 5.74) is 0. The number of ether oxygens (including phenoxy) is 3. The minimum absolute atomic E-state index is 0. The molecule has 9 atom stereocenters. The summed E-state index contributed by atoms with van der Waals surface area (Å²) < 4.78 is 50.7. The first kappa shape index (κ1) is 26.8. The van der Waals surface area contributed by atoms with Gasteiger partial charge in [0.15, 0.2) is 12.4 Å². The SMILES string of the molecule is O=S(=O)(O)O[C@H]1[C@H](O)[C@@H](CO)O[C@@]1(CO)O[C@H]1O[C@H](CO)[C@@H](O)[C@H](O)[C@H]1O.[CaH2]. The van der Waals surface area contributed by atoms with E-state index in [9.17, 15) is 39.1 Å². The van der Waals surface area contributed by atoms with Crippen LogP contribution in [0.25, 0.3) is 0 Å². The Morgan fingerprint density at radius 3 is 1.93 bits per heavy atom. The predicted molar refractivity (Wildman–Crippen MR) is 87.6 cm³/mol. The summed E-state index contributed by atoms with van der Waals surface area (Å²) in [5.74, 6) is -2.57. The number of rotatable bonds is 7. The van der Waals surface area contributed by atoms with E-state index in [1.54, 1.807) is 0 Å². The Kier molecular flexibility index (Phi) is 9.90. The van der Waals surface area contributed by atoms with Gasteiger partial charge in [0.25, 0.3) is 0 Å². The fourth-order valence-electron chi connectivity index (χ4n) is 2.88. The van der Waals surface area contributed by atoms with Crippen molar-refractivity contribution in [3.8, 4) is 0 Å². The first-order chi connectivity index (χ1) is 12.5. The fourth-order valence-corrected chi connectivity index (χ4v) is 3.40. The van der Waals surface area contributed by atoms with Crippen LogP contribution in [-0.4, -0.2) is 161 Å². The number of aliphatic hydroxyl groups is 7. The van der Waals surface area contributed by atoms with E-state index in [4.69, 9.17) is 23.9 Å². The Bertz CT molecular complexity index is 603. The van der Waals surface area contributed by atoms with Gasteiger partial charge in [-0.25, -0.2) is 4.18 Å². The monoisotopic (exact) mass is 464 g/mol. The van der Waals surface area contributed by atoms with Gasteiger partial charge in [0, 0.05) is 0 Å². The second-order valence-electron chi connectivity index (χ2n) is 6.06. The van der Waals surface area contributed by atoms with Crippen LogP contribution < -0.4 is 0 Å². The normalized spacial score (nSPS) is 44.3. The Labute approximate surface area is 189 Å².